The number of amides is 1. The number of esters is 2. The maximum absolute atomic E-state index is 12.6. The highest BCUT2D eigenvalue weighted by Gasteiger charge is 2.24. The third-order valence-corrected chi connectivity index (χ3v) is 5.83. The molecule has 0 spiro atoms. The molecule has 3 rings (SSSR count). The van der Waals surface area contributed by atoms with E-state index < -0.39 is 24.5 Å². The smallest absolute Gasteiger partial charge is 0.355 e. The van der Waals surface area contributed by atoms with Gasteiger partial charge in [-0.2, -0.15) is 0 Å². The molecule has 1 amide bonds. The first-order chi connectivity index (χ1) is 15.7. The topological polar surface area (TPSA) is 115 Å². The first-order valence-electron chi connectivity index (χ1n) is 10.3. The average Bonchev–Trinajstić information content (AvgIpc) is 3.33. The van der Waals surface area contributed by atoms with Crippen molar-refractivity contribution in [2.24, 2.45) is 0 Å². The third-order valence-electron chi connectivity index (χ3n) is 4.94. The Morgan fingerprint density at radius 1 is 1.00 bits per heavy atom. The number of hydrogen-bond acceptors (Lipinski definition) is 7. The number of nitrogens with one attached hydrogen (secondary N) is 2. The summed E-state index contributed by atoms with van der Waals surface area (Å²) in [6.07, 6.45) is 0. The quantitative estimate of drug-likeness (QED) is 0.371. The molecule has 3 aromatic rings. The summed E-state index contributed by atoms with van der Waals surface area (Å²) < 4.78 is 10.3. The Morgan fingerprint density at radius 3 is 2.30 bits per heavy atom. The van der Waals surface area contributed by atoms with Gasteiger partial charge in [0.1, 0.15) is 16.3 Å². The number of carbonyl (C=O) groups excluding carboxylic acids is 4. The lowest BCUT2D eigenvalue weighted by molar-refractivity contribution is -0.119. The molecule has 0 aliphatic rings. The van der Waals surface area contributed by atoms with Crippen LogP contribution in [0.5, 0.6) is 0 Å². The zero-order valence-electron chi connectivity index (χ0n) is 18.7. The maximum Gasteiger partial charge on any atom is 0.355 e. The molecule has 33 heavy (non-hydrogen) atoms. The summed E-state index contributed by atoms with van der Waals surface area (Å²) in [5, 5.41) is 4.70. The maximum atomic E-state index is 12.6. The molecule has 9 heteroatoms. The predicted molar refractivity (Wildman–Crippen MR) is 125 cm³/mol. The normalized spacial score (nSPS) is 10.5. The molecule has 172 valence electrons. The van der Waals surface area contributed by atoms with Gasteiger partial charge in [-0.1, -0.05) is 30.3 Å². The van der Waals surface area contributed by atoms with E-state index in [4.69, 9.17) is 9.47 Å². The molecule has 2 aromatic heterocycles. The molecule has 1 aromatic carbocycles. The molecule has 0 atom stereocenters. The molecule has 2 N–H and O–H groups in total. The lowest BCUT2D eigenvalue weighted by Gasteiger charge is -2.09. The van der Waals surface area contributed by atoms with E-state index in [0.717, 1.165) is 5.56 Å². The Morgan fingerprint density at radius 2 is 1.70 bits per heavy atom. The summed E-state index contributed by atoms with van der Waals surface area (Å²) in [7, 11) is 0. The number of carbonyl (C=O) groups is 4. The number of aromatic nitrogens is 1. The van der Waals surface area contributed by atoms with E-state index >= 15 is 0 Å². The molecule has 0 aliphatic carbocycles. The van der Waals surface area contributed by atoms with Crippen LogP contribution in [0.1, 0.15) is 56.3 Å². The Kier molecular flexibility index (Phi) is 7.44. The largest absolute Gasteiger partial charge is 0.462 e. The van der Waals surface area contributed by atoms with Crippen LogP contribution in [-0.4, -0.2) is 41.8 Å². The van der Waals surface area contributed by atoms with Crippen LogP contribution in [0, 0.1) is 13.8 Å². The molecule has 0 unspecified atom stereocenters. The molecule has 0 fully saturated rings. The van der Waals surface area contributed by atoms with Crippen molar-refractivity contribution in [3.05, 3.63) is 63.8 Å². The van der Waals surface area contributed by atoms with Gasteiger partial charge < -0.3 is 19.8 Å². The molecular weight excluding hydrogens is 444 g/mol. The minimum Gasteiger partial charge on any atom is -0.462 e. The summed E-state index contributed by atoms with van der Waals surface area (Å²) in [6.45, 7) is 6.06. The third kappa shape index (κ3) is 5.20. The van der Waals surface area contributed by atoms with E-state index in [-0.39, 0.29) is 23.6 Å². The predicted octanol–water partition coefficient (Wildman–Crippen LogP) is 4.53. The summed E-state index contributed by atoms with van der Waals surface area (Å²) in [4.78, 5) is 52.1. The fraction of sp³-hybridized carbons (Fsp3) is 0.250. The van der Waals surface area contributed by atoms with Gasteiger partial charge in [0.2, 0.25) is 0 Å². The molecular formula is C24H24N2O6S. The molecule has 0 aliphatic heterocycles. The number of aromatic amines is 1. The number of thiophene rings is 1. The van der Waals surface area contributed by atoms with Gasteiger partial charge in [-0.25, -0.2) is 9.59 Å². The minimum atomic E-state index is -0.750. The van der Waals surface area contributed by atoms with Crippen molar-refractivity contribution in [1.29, 1.82) is 0 Å². The Bertz CT molecular complexity index is 1210. The van der Waals surface area contributed by atoms with E-state index in [9.17, 15) is 19.2 Å². The van der Waals surface area contributed by atoms with E-state index in [0.29, 0.717) is 27.4 Å². The van der Waals surface area contributed by atoms with Crippen LogP contribution in [0.15, 0.2) is 35.7 Å². The highest BCUT2D eigenvalue weighted by atomic mass is 32.1. The van der Waals surface area contributed by atoms with Crippen molar-refractivity contribution in [3.63, 3.8) is 0 Å². The molecule has 0 bridgehead atoms. The second-order valence-corrected chi connectivity index (χ2v) is 8.13. The van der Waals surface area contributed by atoms with Crippen molar-refractivity contribution in [3.8, 4) is 11.1 Å². The van der Waals surface area contributed by atoms with E-state index in [1.165, 1.54) is 18.3 Å². The lowest BCUT2D eigenvalue weighted by Crippen LogP contribution is -2.22. The van der Waals surface area contributed by atoms with E-state index in [1.807, 2.05) is 30.3 Å². The average molecular weight is 469 g/mol. The second-order valence-electron chi connectivity index (χ2n) is 7.25. The SMILES string of the molecule is CCOC(=O)c1c(-c2ccccc2)csc1NC(=O)COC(=O)c1[nH]c(C)c(C(C)=O)c1C. The number of rotatable bonds is 8. The minimum absolute atomic E-state index is 0.125. The number of ether oxygens (including phenoxy) is 2. The highest BCUT2D eigenvalue weighted by Crippen LogP contribution is 2.36. The monoisotopic (exact) mass is 468 g/mol. The zero-order chi connectivity index (χ0) is 24.1. The Hall–Kier alpha value is -3.72. The van der Waals surface area contributed by atoms with Gasteiger partial charge in [-0.3, -0.25) is 9.59 Å². The summed E-state index contributed by atoms with van der Waals surface area (Å²) >= 11 is 1.18. The van der Waals surface area contributed by atoms with Gasteiger partial charge >= 0.3 is 11.9 Å². The van der Waals surface area contributed by atoms with Gasteiger partial charge in [-0.15, -0.1) is 11.3 Å². The molecule has 0 saturated heterocycles. The van der Waals surface area contributed by atoms with Gasteiger partial charge in [0.05, 0.1) is 6.61 Å². The van der Waals surface area contributed by atoms with E-state index in [2.05, 4.69) is 10.3 Å². The van der Waals surface area contributed by atoms with Crippen molar-refractivity contribution in [1.82, 2.24) is 4.98 Å². The highest BCUT2D eigenvalue weighted by molar-refractivity contribution is 7.15. The van der Waals surface area contributed by atoms with Crippen LogP contribution >= 0.6 is 11.3 Å². The molecule has 2 heterocycles. The van der Waals surface area contributed by atoms with Gasteiger partial charge in [0.25, 0.3) is 5.91 Å². The number of anilines is 1. The number of Topliss-reactive ketones (excluding diaryl/α,β-unsaturated/α-hetero) is 1. The van der Waals surface area contributed by atoms with Crippen LogP contribution < -0.4 is 5.32 Å². The van der Waals surface area contributed by atoms with Crippen molar-refractivity contribution in [2.75, 3.05) is 18.5 Å². The first-order valence-corrected chi connectivity index (χ1v) is 11.1. The number of aryl methyl sites for hydroxylation is 1. The van der Waals surface area contributed by atoms with Crippen LogP contribution in [0.4, 0.5) is 5.00 Å². The summed E-state index contributed by atoms with van der Waals surface area (Å²) in [5.41, 5.74) is 3.28. The number of H-pyrrole nitrogens is 1. The van der Waals surface area contributed by atoms with Crippen LogP contribution in [0.25, 0.3) is 11.1 Å². The number of hydrogen-bond donors (Lipinski definition) is 2. The zero-order valence-corrected chi connectivity index (χ0v) is 19.6. The van der Waals surface area contributed by atoms with Crippen molar-refractivity contribution >= 4 is 40.0 Å². The fourth-order valence-electron chi connectivity index (χ4n) is 3.53. The van der Waals surface area contributed by atoms with Crippen LogP contribution in [0.3, 0.4) is 0 Å². The summed E-state index contributed by atoms with van der Waals surface area (Å²) in [6, 6.07) is 9.27. The fourth-order valence-corrected chi connectivity index (χ4v) is 4.51. The Labute approximate surface area is 194 Å². The summed E-state index contributed by atoms with van der Waals surface area (Å²) in [5.74, 6) is -2.08. The Balaban J connectivity index is 1.75. The lowest BCUT2D eigenvalue weighted by atomic mass is 10.0. The van der Waals surface area contributed by atoms with Gasteiger partial charge in [0.15, 0.2) is 12.4 Å². The van der Waals surface area contributed by atoms with E-state index in [1.54, 1.807) is 26.2 Å². The van der Waals surface area contributed by atoms with Crippen molar-refractivity contribution < 1.29 is 28.7 Å². The first kappa shape index (κ1) is 23.9. The second kappa shape index (κ2) is 10.3. The number of benzene rings is 1. The molecule has 0 saturated carbocycles. The number of ketones is 1. The molecule has 8 nitrogen and oxygen atoms in total. The van der Waals surface area contributed by atoms with Gasteiger partial charge in [-0.05, 0) is 38.8 Å². The molecule has 0 radical (unpaired) electrons. The standard InChI is InChI=1S/C24H24N2O6S/c1-5-31-23(29)20-17(16-9-7-6-8-10-16)12-33-22(20)26-18(28)11-32-24(30)21-13(2)19(15(4)27)14(3)25-21/h6-10,12,25H,5,11H2,1-4H3,(H,26,28). The van der Waals surface area contributed by atoms with Gasteiger partial charge in [0, 0.05) is 22.2 Å². The van der Waals surface area contributed by atoms with Crippen LogP contribution in [-0.2, 0) is 14.3 Å². The van der Waals surface area contributed by atoms with Crippen molar-refractivity contribution in [2.45, 2.75) is 27.7 Å². The van der Waals surface area contributed by atoms with Crippen LogP contribution in [0.2, 0.25) is 0 Å².